The lowest BCUT2D eigenvalue weighted by Crippen LogP contribution is -2.51. The fraction of sp³-hybridized carbons (Fsp3) is 0.706. The van der Waals surface area contributed by atoms with Crippen molar-refractivity contribution in [3.63, 3.8) is 0 Å². The third-order valence-corrected chi connectivity index (χ3v) is 5.32. The van der Waals surface area contributed by atoms with E-state index in [1.165, 1.54) is 37.0 Å². The van der Waals surface area contributed by atoms with Gasteiger partial charge in [-0.3, -0.25) is 4.79 Å². The van der Waals surface area contributed by atoms with Crippen LogP contribution in [0.5, 0.6) is 0 Å². The topological polar surface area (TPSA) is 83.6 Å². The molecule has 3 rings (SSSR count). The maximum Gasteiger partial charge on any atom is 0.326 e. The second-order valence-electron chi connectivity index (χ2n) is 6.88. The van der Waals surface area contributed by atoms with Gasteiger partial charge in [0, 0.05) is 12.6 Å². The molecule has 23 heavy (non-hydrogen) atoms. The largest absolute Gasteiger partial charge is 0.480 e. The predicted octanol–water partition coefficient (Wildman–Crippen LogP) is 2.87. The molecule has 1 aromatic rings. The highest BCUT2D eigenvalue weighted by atomic mass is 16.5. The Morgan fingerprint density at radius 3 is 2.52 bits per heavy atom. The maximum absolute atomic E-state index is 12.7. The third-order valence-electron chi connectivity index (χ3n) is 5.32. The summed E-state index contributed by atoms with van der Waals surface area (Å²) in [6, 6.07) is 0.818. The minimum atomic E-state index is -0.934. The average molecular weight is 320 g/mol. The molecular weight excluding hydrogens is 296 g/mol. The number of aromatic nitrogens is 1. The molecule has 1 aromatic heterocycles. The fourth-order valence-electron chi connectivity index (χ4n) is 4.08. The van der Waals surface area contributed by atoms with Gasteiger partial charge in [0.2, 0.25) is 5.76 Å². The van der Waals surface area contributed by atoms with Crippen LogP contribution in [0.2, 0.25) is 0 Å². The summed E-state index contributed by atoms with van der Waals surface area (Å²) in [5, 5.41) is 13.2. The van der Waals surface area contributed by atoms with E-state index in [1.807, 2.05) is 0 Å². The summed E-state index contributed by atoms with van der Waals surface area (Å²) < 4.78 is 5.05. The van der Waals surface area contributed by atoms with Gasteiger partial charge in [-0.25, -0.2) is 4.79 Å². The van der Waals surface area contributed by atoms with E-state index < -0.39 is 12.0 Å². The van der Waals surface area contributed by atoms with Gasteiger partial charge in [0.1, 0.15) is 6.04 Å². The van der Waals surface area contributed by atoms with Crippen molar-refractivity contribution < 1.29 is 19.2 Å². The second kappa shape index (κ2) is 6.72. The third kappa shape index (κ3) is 3.41. The number of aryl methyl sites for hydroxylation is 1. The summed E-state index contributed by atoms with van der Waals surface area (Å²) in [6.45, 7) is 2.26. The van der Waals surface area contributed by atoms with Gasteiger partial charge in [0.25, 0.3) is 5.91 Å². The molecule has 126 valence electrons. The number of carbonyl (C=O) groups is 2. The molecule has 0 aromatic carbocycles. The molecule has 2 atom stereocenters. The molecule has 1 saturated heterocycles. The number of amides is 1. The Bertz CT molecular complexity index is 577. The van der Waals surface area contributed by atoms with Crippen molar-refractivity contribution in [2.75, 3.05) is 6.54 Å². The molecule has 0 spiro atoms. The summed E-state index contributed by atoms with van der Waals surface area (Å²) in [5.74, 6) is -0.127. The number of hydrogen-bond donors (Lipinski definition) is 1. The maximum atomic E-state index is 12.7. The van der Waals surface area contributed by atoms with E-state index in [0.29, 0.717) is 30.5 Å². The van der Waals surface area contributed by atoms with Crippen LogP contribution < -0.4 is 0 Å². The summed E-state index contributed by atoms with van der Waals surface area (Å²) >= 11 is 0. The van der Waals surface area contributed by atoms with Crippen molar-refractivity contribution in [1.82, 2.24) is 10.1 Å². The lowest BCUT2D eigenvalue weighted by molar-refractivity contribution is -0.144. The first kappa shape index (κ1) is 16.0. The van der Waals surface area contributed by atoms with E-state index in [2.05, 4.69) is 5.16 Å². The smallest absolute Gasteiger partial charge is 0.326 e. The molecule has 1 amide bonds. The van der Waals surface area contributed by atoms with Gasteiger partial charge in [-0.05, 0) is 31.6 Å². The summed E-state index contributed by atoms with van der Waals surface area (Å²) in [5.41, 5.74) is 0.626. The van der Waals surface area contributed by atoms with Crippen LogP contribution in [-0.4, -0.2) is 39.6 Å². The zero-order valence-electron chi connectivity index (χ0n) is 13.5. The number of piperidine rings is 1. The van der Waals surface area contributed by atoms with E-state index >= 15 is 0 Å². The van der Waals surface area contributed by atoms with Crippen LogP contribution in [0.3, 0.4) is 0 Å². The summed E-state index contributed by atoms with van der Waals surface area (Å²) in [4.78, 5) is 25.7. The Hall–Kier alpha value is -1.85. The van der Waals surface area contributed by atoms with Gasteiger partial charge < -0.3 is 14.5 Å². The number of carbonyl (C=O) groups excluding carboxylic acids is 1. The van der Waals surface area contributed by atoms with Crippen LogP contribution in [0.1, 0.15) is 61.2 Å². The van der Waals surface area contributed by atoms with Crippen molar-refractivity contribution in [2.45, 2.75) is 57.9 Å². The van der Waals surface area contributed by atoms with Crippen molar-refractivity contribution in [3.8, 4) is 0 Å². The number of aliphatic carboxylic acids is 1. The first-order valence-corrected chi connectivity index (χ1v) is 8.53. The quantitative estimate of drug-likeness (QED) is 0.926. The minimum absolute atomic E-state index is 0.137. The molecule has 6 heteroatoms. The number of carboxylic acid groups (broad SMARTS) is 1. The minimum Gasteiger partial charge on any atom is -0.480 e. The Morgan fingerprint density at radius 1 is 1.17 bits per heavy atom. The number of hydrogen-bond acceptors (Lipinski definition) is 4. The number of rotatable bonds is 3. The van der Waals surface area contributed by atoms with Crippen LogP contribution >= 0.6 is 0 Å². The summed E-state index contributed by atoms with van der Waals surface area (Å²) in [7, 11) is 0. The molecule has 2 aliphatic rings. The molecule has 1 saturated carbocycles. The number of likely N-dealkylation sites (tertiary alicyclic amines) is 1. The van der Waals surface area contributed by atoms with Crippen molar-refractivity contribution >= 4 is 11.9 Å². The number of nitrogens with zero attached hydrogens (tertiary/aromatic N) is 2. The highest BCUT2D eigenvalue weighted by Crippen LogP contribution is 2.36. The first-order valence-electron chi connectivity index (χ1n) is 8.53. The Morgan fingerprint density at radius 2 is 1.91 bits per heavy atom. The lowest BCUT2D eigenvalue weighted by Gasteiger charge is -2.41. The molecular formula is C17H24N2O4. The second-order valence-corrected chi connectivity index (χ2v) is 6.88. The molecule has 2 fully saturated rings. The highest BCUT2D eigenvalue weighted by Gasteiger charge is 2.39. The molecule has 0 unspecified atom stereocenters. The molecule has 6 nitrogen and oxygen atoms in total. The van der Waals surface area contributed by atoms with E-state index in [-0.39, 0.29) is 11.7 Å². The number of carboxylic acids is 1. The Labute approximate surface area is 135 Å². The first-order chi connectivity index (χ1) is 11.1. The van der Waals surface area contributed by atoms with Crippen LogP contribution in [0.4, 0.5) is 0 Å². The van der Waals surface area contributed by atoms with Gasteiger partial charge >= 0.3 is 5.97 Å². The predicted molar refractivity (Wildman–Crippen MR) is 83.0 cm³/mol. The normalized spacial score (nSPS) is 26.2. The van der Waals surface area contributed by atoms with Gasteiger partial charge in [-0.15, -0.1) is 0 Å². The van der Waals surface area contributed by atoms with Gasteiger partial charge in [-0.2, -0.15) is 0 Å². The van der Waals surface area contributed by atoms with Crippen LogP contribution in [0.15, 0.2) is 10.6 Å². The van der Waals surface area contributed by atoms with Crippen LogP contribution in [0, 0.1) is 18.8 Å². The molecule has 0 radical (unpaired) electrons. The SMILES string of the molecule is Cc1cc(C(=O)N2C[C@H](C3CCCCC3)CC[C@@H]2C(=O)O)on1. The van der Waals surface area contributed by atoms with E-state index in [0.717, 1.165) is 6.42 Å². The van der Waals surface area contributed by atoms with E-state index in [9.17, 15) is 14.7 Å². The molecule has 2 heterocycles. The zero-order chi connectivity index (χ0) is 16.4. The molecule has 1 aliphatic heterocycles. The van der Waals surface area contributed by atoms with Gasteiger partial charge in [-0.1, -0.05) is 37.3 Å². The average Bonchev–Trinajstić information content (AvgIpc) is 3.01. The van der Waals surface area contributed by atoms with E-state index in [1.54, 1.807) is 13.0 Å². The molecule has 1 N–H and O–H groups in total. The van der Waals surface area contributed by atoms with Crippen LogP contribution in [0.25, 0.3) is 0 Å². The monoisotopic (exact) mass is 320 g/mol. The van der Waals surface area contributed by atoms with Crippen molar-refractivity contribution in [3.05, 3.63) is 17.5 Å². The van der Waals surface area contributed by atoms with Crippen molar-refractivity contribution in [2.24, 2.45) is 11.8 Å². The zero-order valence-corrected chi connectivity index (χ0v) is 13.5. The molecule has 0 bridgehead atoms. The standard InChI is InChI=1S/C17H24N2O4/c1-11-9-15(23-18-11)16(20)19-10-13(7-8-14(19)17(21)22)12-5-3-2-4-6-12/h9,12-14H,2-8,10H2,1H3,(H,21,22)/t13-,14-/m1/s1. The lowest BCUT2D eigenvalue weighted by atomic mass is 9.75. The van der Waals surface area contributed by atoms with Crippen LogP contribution in [-0.2, 0) is 4.79 Å². The Kier molecular flexibility index (Phi) is 4.68. The Balaban J connectivity index is 1.77. The van der Waals surface area contributed by atoms with Gasteiger partial charge in [0.05, 0.1) is 5.69 Å². The molecule has 1 aliphatic carbocycles. The van der Waals surface area contributed by atoms with Gasteiger partial charge in [0.15, 0.2) is 0 Å². The highest BCUT2D eigenvalue weighted by molar-refractivity contribution is 5.94. The fourth-order valence-corrected chi connectivity index (χ4v) is 4.08. The van der Waals surface area contributed by atoms with E-state index in [4.69, 9.17) is 4.52 Å². The van der Waals surface area contributed by atoms with Crippen molar-refractivity contribution in [1.29, 1.82) is 0 Å². The summed E-state index contributed by atoms with van der Waals surface area (Å²) in [6.07, 6.45) is 7.60.